The van der Waals surface area contributed by atoms with E-state index in [4.69, 9.17) is 9.16 Å². The van der Waals surface area contributed by atoms with Gasteiger partial charge in [-0.05, 0) is 32.5 Å². The molecule has 6 heteroatoms. The Morgan fingerprint density at radius 1 is 1.35 bits per heavy atom. The van der Waals surface area contributed by atoms with E-state index in [-0.39, 0.29) is 12.0 Å². The van der Waals surface area contributed by atoms with Crippen LogP contribution in [0.3, 0.4) is 0 Å². The first-order valence-electron chi connectivity index (χ1n) is 5.76. The molecule has 0 aliphatic heterocycles. The normalized spacial score (nSPS) is 28.2. The Labute approximate surface area is 103 Å². The lowest BCUT2D eigenvalue weighted by Crippen LogP contribution is -2.70. The fourth-order valence-electron chi connectivity index (χ4n) is 2.06. The third-order valence-corrected chi connectivity index (χ3v) is 3.79. The molecule has 1 fully saturated rings. The van der Waals surface area contributed by atoms with Gasteiger partial charge in [-0.15, -0.1) is 0 Å². The minimum Gasteiger partial charge on any atom is -0.467 e. The second-order valence-corrected chi connectivity index (χ2v) is 9.86. The number of hydrogen-bond donors (Lipinski definition) is 1. The van der Waals surface area contributed by atoms with Crippen LogP contribution in [0.25, 0.3) is 0 Å². The van der Waals surface area contributed by atoms with Crippen molar-refractivity contribution in [2.75, 3.05) is 7.11 Å². The highest BCUT2D eigenvalue weighted by molar-refractivity contribution is 6.69. The van der Waals surface area contributed by atoms with Crippen molar-refractivity contribution in [3.8, 4) is 0 Å². The Hall–Kier alpha value is -0.883. The van der Waals surface area contributed by atoms with E-state index in [0.717, 1.165) is 6.42 Å². The van der Waals surface area contributed by atoms with Gasteiger partial charge in [0, 0.05) is 6.92 Å². The van der Waals surface area contributed by atoms with Gasteiger partial charge in [-0.1, -0.05) is 0 Å². The third-order valence-electron chi connectivity index (χ3n) is 2.80. The highest BCUT2D eigenvalue weighted by Gasteiger charge is 2.56. The summed E-state index contributed by atoms with van der Waals surface area (Å²) in [6, 6.07) is 0. The van der Waals surface area contributed by atoms with Crippen LogP contribution in [0.4, 0.5) is 0 Å². The minimum absolute atomic E-state index is 0.237. The molecule has 1 amide bonds. The summed E-state index contributed by atoms with van der Waals surface area (Å²) in [5.74, 6) is -0.651. The number of esters is 1. The molecule has 1 aliphatic carbocycles. The molecule has 0 heterocycles. The average Bonchev–Trinajstić information content (AvgIpc) is 2.18. The fourth-order valence-corrected chi connectivity index (χ4v) is 3.23. The van der Waals surface area contributed by atoms with Gasteiger partial charge < -0.3 is 14.5 Å². The largest absolute Gasteiger partial charge is 0.467 e. The van der Waals surface area contributed by atoms with Gasteiger partial charge in [0.05, 0.1) is 13.2 Å². The molecule has 2 atom stereocenters. The number of amides is 1. The number of rotatable bonds is 4. The van der Waals surface area contributed by atoms with Crippen LogP contribution in [-0.2, 0) is 18.8 Å². The predicted molar refractivity (Wildman–Crippen MR) is 66.0 cm³/mol. The summed E-state index contributed by atoms with van der Waals surface area (Å²) in [6.45, 7) is 7.57. The van der Waals surface area contributed by atoms with Crippen molar-refractivity contribution < 1.29 is 18.8 Å². The summed E-state index contributed by atoms with van der Waals surface area (Å²) in [4.78, 5) is 23.1. The van der Waals surface area contributed by atoms with E-state index in [1.165, 1.54) is 14.0 Å². The van der Waals surface area contributed by atoms with Crippen molar-refractivity contribution in [1.29, 1.82) is 0 Å². The standard InChI is InChI=1S/C11H21NO4Si/c1-8(13)12-11(10(14)15-2)7-6-9(11)16-17(3,4)5/h9H,6-7H2,1-5H3,(H,12,13)/t9-,11+/m0/s1. The molecule has 0 bridgehead atoms. The van der Waals surface area contributed by atoms with Crippen LogP contribution in [0.15, 0.2) is 0 Å². The zero-order valence-electron chi connectivity index (χ0n) is 11.1. The Bertz CT molecular complexity index is 326. The van der Waals surface area contributed by atoms with E-state index in [2.05, 4.69) is 25.0 Å². The summed E-state index contributed by atoms with van der Waals surface area (Å²) in [7, 11) is -0.418. The lowest BCUT2D eigenvalue weighted by atomic mass is 9.73. The van der Waals surface area contributed by atoms with Gasteiger partial charge in [-0.25, -0.2) is 4.79 Å². The highest BCUT2D eigenvalue weighted by Crippen LogP contribution is 2.37. The molecule has 0 spiro atoms. The molecule has 1 rings (SSSR count). The number of methoxy groups -OCH3 is 1. The molecular weight excluding hydrogens is 238 g/mol. The van der Waals surface area contributed by atoms with Crippen molar-refractivity contribution in [1.82, 2.24) is 5.32 Å². The van der Waals surface area contributed by atoms with Gasteiger partial charge in [0.2, 0.25) is 5.91 Å². The van der Waals surface area contributed by atoms with Gasteiger partial charge in [0.25, 0.3) is 0 Å². The lowest BCUT2D eigenvalue weighted by molar-refractivity contribution is -0.163. The SMILES string of the molecule is COC(=O)[C@@]1(NC(C)=O)CC[C@@H]1O[Si](C)(C)C. The van der Waals surface area contributed by atoms with Gasteiger partial charge in [0.15, 0.2) is 13.9 Å². The van der Waals surface area contributed by atoms with Crippen molar-refractivity contribution in [3.63, 3.8) is 0 Å². The Kier molecular flexibility index (Phi) is 3.98. The Morgan fingerprint density at radius 2 is 1.94 bits per heavy atom. The van der Waals surface area contributed by atoms with Crippen LogP contribution < -0.4 is 5.32 Å². The van der Waals surface area contributed by atoms with Crippen LogP contribution in [0.2, 0.25) is 19.6 Å². The first-order valence-corrected chi connectivity index (χ1v) is 9.17. The number of ether oxygens (including phenoxy) is 1. The lowest BCUT2D eigenvalue weighted by Gasteiger charge is -2.48. The molecular formula is C11H21NO4Si. The number of carbonyl (C=O) groups is 2. The summed E-state index contributed by atoms with van der Waals surface area (Å²) in [5.41, 5.74) is -0.971. The number of nitrogens with one attached hydrogen (secondary N) is 1. The molecule has 0 saturated heterocycles. The molecule has 98 valence electrons. The minimum atomic E-state index is -1.75. The van der Waals surface area contributed by atoms with E-state index in [9.17, 15) is 9.59 Å². The van der Waals surface area contributed by atoms with Crippen LogP contribution in [0.1, 0.15) is 19.8 Å². The molecule has 0 unspecified atom stereocenters. The summed E-state index contributed by atoms with van der Waals surface area (Å²) in [5, 5.41) is 2.70. The zero-order valence-corrected chi connectivity index (χ0v) is 12.1. The number of carbonyl (C=O) groups excluding carboxylic acids is 2. The quantitative estimate of drug-likeness (QED) is 0.605. The van der Waals surface area contributed by atoms with Gasteiger partial charge >= 0.3 is 5.97 Å². The first-order chi connectivity index (χ1) is 7.71. The molecule has 1 N–H and O–H groups in total. The van der Waals surface area contributed by atoms with Gasteiger partial charge in [-0.2, -0.15) is 0 Å². The van der Waals surface area contributed by atoms with Crippen LogP contribution in [-0.4, -0.2) is 38.9 Å². The van der Waals surface area contributed by atoms with E-state index in [1.807, 2.05) is 0 Å². The van der Waals surface area contributed by atoms with Crippen molar-refractivity contribution in [3.05, 3.63) is 0 Å². The smallest absolute Gasteiger partial charge is 0.334 e. The zero-order chi connectivity index (χ0) is 13.3. The van der Waals surface area contributed by atoms with E-state index >= 15 is 0 Å². The molecule has 0 aromatic heterocycles. The van der Waals surface area contributed by atoms with E-state index < -0.39 is 19.8 Å². The number of hydrogen-bond acceptors (Lipinski definition) is 4. The van der Waals surface area contributed by atoms with Crippen LogP contribution >= 0.6 is 0 Å². The summed E-state index contributed by atoms with van der Waals surface area (Å²) >= 11 is 0. The molecule has 0 aromatic rings. The second kappa shape index (κ2) is 4.78. The Balaban J connectivity index is 2.85. The maximum Gasteiger partial charge on any atom is 0.334 e. The van der Waals surface area contributed by atoms with Crippen molar-refractivity contribution in [2.24, 2.45) is 0 Å². The molecule has 0 aromatic carbocycles. The van der Waals surface area contributed by atoms with Gasteiger partial charge in [-0.3, -0.25) is 4.79 Å². The predicted octanol–water partition coefficient (Wildman–Crippen LogP) is 1.05. The Morgan fingerprint density at radius 3 is 2.24 bits per heavy atom. The first kappa shape index (κ1) is 14.2. The highest BCUT2D eigenvalue weighted by atomic mass is 28.4. The third kappa shape index (κ3) is 3.07. The topological polar surface area (TPSA) is 64.6 Å². The molecule has 0 radical (unpaired) electrons. The molecule has 1 saturated carbocycles. The van der Waals surface area contributed by atoms with E-state index in [0.29, 0.717) is 6.42 Å². The van der Waals surface area contributed by atoms with Crippen LogP contribution in [0, 0.1) is 0 Å². The van der Waals surface area contributed by atoms with Crippen LogP contribution in [0.5, 0.6) is 0 Å². The summed E-state index contributed by atoms with van der Waals surface area (Å²) in [6.07, 6.45) is 1.10. The summed E-state index contributed by atoms with van der Waals surface area (Å²) < 4.78 is 10.7. The second-order valence-electron chi connectivity index (χ2n) is 5.40. The fraction of sp³-hybridized carbons (Fsp3) is 0.818. The monoisotopic (exact) mass is 259 g/mol. The average molecular weight is 259 g/mol. The molecule has 5 nitrogen and oxygen atoms in total. The molecule has 1 aliphatic rings. The van der Waals surface area contributed by atoms with Crippen molar-refractivity contribution in [2.45, 2.75) is 51.0 Å². The van der Waals surface area contributed by atoms with Gasteiger partial charge in [0.1, 0.15) is 0 Å². The molecule has 17 heavy (non-hydrogen) atoms. The maximum atomic E-state index is 11.8. The van der Waals surface area contributed by atoms with E-state index in [1.54, 1.807) is 0 Å². The maximum absolute atomic E-state index is 11.8. The van der Waals surface area contributed by atoms with Crippen molar-refractivity contribution >= 4 is 20.2 Å².